The minimum absolute atomic E-state index is 0. The fourth-order valence-corrected chi connectivity index (χ4v) is 2.84. The summed E-state index contributed by atoms with van der Waals surface area (Å²) in [6.45, 7) is -3.04. The SMILES string of the molecule is CN=C(NCC(=O)Nc1ccccc1)NCc1cc(Cl)cc(Cl)c1OC(F)F.I. The molecule has 0 radical (unpaired) electrons. The van der Waals surface area contributed by atoms with E-state index in [9.17, 15) is 13.6 Å². The van der Waals surface area contributed by atoms with Crippen molar-refractivity contribution in [3.05, 3.63) is 58.1 Å². The van der Waals surface area contributed by atoms with Gasteiger partial charge < -0.3 is 20.7 Å². The Morgan fingerprint density at radius 1 is 1.17 bits per heavy atom. The van der Waals surface area contributed by atoms with Gasteiger partial charge in [-0.05, 0) is 24.3 Å². The fourth-order valence-electron chi connectivity index (χ4n) is 2.26. The maximum atomic E-state index is 12.6. The number of hydrogen-bond donors (Lipinski definition) is 3. The molecule has 0 fully saturated rings. The molecule has 2 aromatic carbocycles. The molecule has 0 atom stereocenters. The lowest BCUT2D eigenvalue weighted by molar-refractivity contribution is -0.115. The van der Waals surface area contributed by atoms with E-state index in [-0.39, 0.29) is 64.7 Å². The van der Waals surface area contributed by atoms with Crippen LogP contribution in [0.1, 0.15) is 5.56 Å². The van der Waals surface area contributed by atoms with Crippen molar-refractivity contribution >= 4 is 64.7 Å². The molecule has 0 bridgehead atoms. The first kappa shape index (κ1) is 25.2. The lowest BCUT2D eigenvalue weighted by Crippen LogP contribution is -2.41. The third kappa shape index (κ3) is 8.58. The van der Waals surface area contributed by atoms with E-state index < -0.39 is 6.61 Å². The van der Waals surface area contributed by atoms with Crippen LogP contribution >= 0.6 is 47.2 Å². The Kier molecular flexibility index (Phi) is 11.0. The average molecular weight is 559 g/mol. The second-order valence-electron chi connectivity index (χ2n) is 5.45. The first-order chi connectivity index (χ1) is 13.4. The summed E-state index contributed by atoms with van der Waals surface area (Å²) >= 11 is 11.9. The zero-order valence-corrected chi connectivity index (χ0v) is 19.1. The van der Waals surface area contributed by atoms with E-state index in [1.807, 2.05) is 6.07 Å². The molecule has 0 saturated carbocycles. The Morgan fingerprint density at radius 2 is 1.86 bits per heavy atom. The van der Waals surface area contributed by atoms with Crippen LogP contribution in [0.25, 0.3) is 0 Å². The Labute approximate surface area is 194 Å². The highest BCUT2D eigenvalue weighted by Crippen LogP contribution is 2.33. The third-order valence-electron chi connectivity index (χ3n) is 3.44. The van der Waals surface area contributed by atoms with Crippen LogP contribution in [0.5, 0.6) is 5.75 Å². The second kappa shape index (κ2) is 12.7. The van der Waals surface area contributed by atoms with Crippen LogP contribution in [-0.2, 0) is 11.3 Å². The molecule has 29 heavy (non-hydrogen) atoms. The van der Waals surface area contributed by atoms with Crippen molar-refractivity contribution in [2.24, 2.45) is 4.99 Å². The summed E-state index contributed by atoms with van der Waals surface area (Å²) in [5, 5.41) is 8.67. The summed E-state index contributed by atoms with van der Waals surface area (Å²) in [5.41, 5.74) is 0.981. The number of halogens is 5. The molecule has 6 nitrogen and oxygen atoms in total. The van der Waals surface area contributed by atoms with Gasteiger partial charge >= 0.3 is 6.61 Å². The summed E-state index contributed by atoms with van der Waals surface area (Å²) in [7, 11) is 1.51. The van der Waals surface area contributed by atoms with Gasteiger partial charge in [-0.25, -0.2) is 0 Å². The van der Waals surface area contributed by atoms with Crippen LogP contribution in [0.4, 0.5) is 14.5 Å². The topological polar surface area (TPSA) is 74.8 Å². The molecule has 0 heterocycles. The summed E-state index contributed by atoms with van der Waals surface area (Å²) in [6.07, 6.45) is 0. The summed E-state index contributed by atoms with van der Waals surface area (Å²) in [5.74, 6) is -0.171. The normalized spacial score (nSPS) is 10.9. The lowest BCUT2D eigenvalue weighted by Gasteiger charge is -2.16. The molecule has 0 spiro atoms. The first-order valence-electron chi connectivity index (χ1n) is 8.11. The highest BCUT2D eigenvalue weighted by Gasteiger charge is 2.15. The highest BCUT2D eigenvalue weighted by atomic mass is 127. The number of anilines is 1. The van der Waals surface area contributed by atoms with E-state index in [2.05, 4.69) is 25.7 Å². The first-order valence-corrected chi connectivity index (χ1v) is 8.86. The van der Waals surface area contributed by atoms with E-state index in [0.717, 1.165) is 0 Å². The van der Waals surface area contributed by atoms with Crippen LogP contribution < -0.4 is 20.7 Å². The monoisotopic (exact) mass is 558 g/mol. The molecular weight excluding hydrogens is 540 g/mol. The van der Waals surface area contributed by atoms with E-state index in [0.29, 0.717) is 11.3 Å². The quantitative estimate of drug-likeness (QED) is 0.265. The molecule has 0 saturated heterocycles. The van der Waals surface area contributed by atoms with E-state index in [1.165, 1.54) is 19.2 Å². The van der Waals surface area contributed by atoms with Crippen molar-refractivity contribution in [1.29, 1.82) is 0 Å². The number of amides is 1. The van der Waals surface area contributed by atoms with E-state index in [4.69, 9.17) is 23.2 Å². The van der Waals surface area contributed by atoms with Gasteiger partial charge in [-0.2, -0.15) is 8.78 Å². The van der Waals surface area contributed by atoms with Gasteiger partial charge in [0.05, 0.1) is 11.6 Å². The predicted octanol–water partition coefficient (Wildman–Crippen LogP) is 4.52. The molecule has 0 aliphatic rings. The van der Waals surface area contributed by atoms with Gasteiger partial charge in [0.25, 0.3) is 0 Å². The highest BCUT2D eigenvalue weighted by molar-refractivity contribution is 14.0. The molecule has 3 N–H and O–H groups in total. The Hall–Kier alpha value is -1.85. The number of nitrogens with one attached hydrogen (secondary N) is 3. The standard InChI is InChI=1S/C18H18Cl2F2N4O2.HI/c1-23-18(25-10-15(27)26-13-5-3-2-4-6-13)24-9-11-7-12(19)8-14(20)16(11)28-17(21)22;/h2-8,17H,9-10H2,1H3,(H,26,27)(H2,23,24,25);1H. The number of aliphatic imine (C=N–C) groups is 1. The number of hydrogen-bond acceptors (Lipinski definition) is 3. The molecule has 0 unspecified atom stereocenters. The molecule has 0 aromatic heterocycles. The Bertz CT molecular complexity index is 842. The molecule has 2 aromatic rings. The zero-order valence-electron chi connectivity index (χ0n) is 15.2. The molecule has 158 valence electrons. The summed E-state index contributed by atoms with van der Waals surface area (Å²) in [4.78, 5) is 16.0. The number of benzene rings is 2. The predicted molar refractivity (Wildman–Crippen MR) is 122 cm³/mol. The van der Waals surface area contributed by atoms with Crippen molar-refractivity contribution in [1.82, 2.24) is 10.6 Å². The van der Waals surface area contributed by atoms with Crippen molar-refractivity contribution in [2.45, 2.75) is 13.2 Å². The van der Waals surface area contributed by atoms with Crippen LogP contribution in [0.2, 0.25) is 10.0 Å². The van der Waals surface area contributed by atoms with Gasteiger partial charge in [-0.3, -0.25) is 9.79 Å². The maximum Gasteiger partial charge on any atom is 0.387 e. The molecule has 2 rings (SSSR count). The van der Waals surface area contributed by atoms with E-state index >= 15 is 0 Å². The van der Waals surface area contributed by atoms with E-state index in [1.54, 1.807) is 24.3 Å². The number of ether oxygens (including phenoxy) is 1. The number of guanidine groups is 1. The molecular formula is C18H19Cl2F2IN4O2. The van der Waals surface area contributed by atoms with Crippen molar-refractivity contribution in [3.8, 4) is 5.75 Å². The van der Waals surface area contributed by atoms with Crippen LogP contribution in [0.15, 0.2) is 47.5 Å². The smallest absolute Gasteiger partial charge is 0.387 e. The lowest BCUT2D eigenvalue weighted by atomic mass is 10.2. The minimum atomic E-state index is -3.03. The van der Waals surface area contributed by atoms with Gasteiger partial charge in [0.15, 0.2) is 5.96 Å². The largest absolute Gasteiger partial charge is 0.433 e. The van der Waals surface area contributed by atoms with Crippen molar-refractivity contribution in [3.63, 3.8) is 0 Å². The number of rotatable bonds is 7. The molecule has 0 aliphatic heterocycles. The van der Waals surface area contributed by atoms with Crippen LogP contribution in [0.3, 0.4) is 0 Å². The van der Waals surface area contributed by atoms with Gasteiger partial charge in [-0.15, -0.1) is 24.0 Å². The van der Waals surface area contributed by atoms with Crippen molar-refractivity contribution < 1.29 is 18.3 Å². The van der Waals surface area contributed by atoms with Gasteiger partial charge in [0, 0.05) is 29.9 Å². The Balaban J connectivity index is 0.00000420. The summed E-state index contributed by atoms with van der Waals surface area (Å²) in [6, 6.07) is 11.7. The van der Waals surface area contributed by atoms with Gasteiger partial charge in [-0.1, -0.05) is 41.4 Å². The maximum absolute atomic E-state index is 12.6. The molecule has 1 amide bonds. The average Bonchev–Trinajstić information content (AvgIpc) is 2.65. The Morgan fingerprint density at radius 3 is 2.48 bits per heavy atom. The number of alkyl halides is 2. The number of carbonyl (C=O) groups is 1. The second-order valence-corrected chi connectivity index (χ2v) is 6.29. The zero-order chi connectivity index (χ0) is 20.5. The number of carbonyl (C=O) groups excluding carboxylic acids is 1. The summed E-state index contributed by atoms with van der Waals surface area (Å²) < 4.78 is 29.7. The molecule has 0 aliphatic carbocycles. The minimum Gasteiger partial charge on any atom is -0.433 e. The van der Waals surface area contributed by atoms with Crippen LogP contribution in [-0.4, -0.2) is 32.1 Å². The van der Waals surface area contributed by atoms with Gasteiger partial charge in [0.1, 0.15) is 5.75 Å². The third-order valence-corrected chi connectivity index (χ3v) is 3.94. The van der Waals surface area contributed by atoms with Crippen LogP contribution in [0, 0.1) is 0 Å². The molecule has 11 heteroatoms. The fraction of sp³-hybridized carbons (Fsp3) is 0.222. The number of para-hydroxylation sites is 1. The van der Waals surface area contributed by atoms with Crippen molar-refractivity contribution in [2.75, 3.05) is 18.9 Å². The van der Waals surface area contributed by atoms with Gasteiger partial charge in [0.2, 0.25) is 5.91 Å². The number of nitrogens with zero attached hydrogens (tertiary/aromatic N) is 1.